The van der Waals surface area contributed by atoms with Gasteiger partial charge in [0.1, 0.15) is 0 Å². The van der Waals surface area contributed by atoms with Crippen molar-refractivity contribution >= 4 is 0 Å². The Hall–Kier alpha value is -0.920. The fraction of sp³-hybridized carbons (Fsp3) is 0.400. The van der Waals surface area contributed by atoms with Gasteiger partial charge in [0.2, 0.25) is 0 Å². The summed E-state index contributed by atoms with van der Waals surface area (Å²) in [6, 6.07) is 2.94. The minimum Gasteiger partial charge on any atom is -0.204 e. The summed E-state index contributed by atoms with van der Waals surface area (Å²) in [5, 5.41) is 0. The third-order valence-electron chi connectivity index (χ3n) is 1.90. The summed E-state index contributed by atoms with van der Waals surface area (Å²) in [4.78, 5) is 0. The van der Waals surface area contributed by atoms with Crippen molar-refractivity contribution in [2.24, 2.45) is 0 Å². The molecule has 0 atom stereocenters. The first-order valence-corrected chi connectivity index (χ1v) is 3.98. The van der Waals surface area contributed by atoms with Gasteiger partial charge in [0, 0.05) is 0 Å². The molecule has 0 amide bonds. The Kier molecular flexibility index (Phi) is 2.46. The maximum Gasteiger partial charge on any atom is 0.161 e. The minimum absolute atomic E-state index is 0.235. The molecule has 2 heteroatoms. The second-order valence-electron chi connectivity index (χ2n) is 3.29. The Morgan fingerprint density at radius 2 is 1.75 bits per heavy atom. The highest BCUT2D eigenvalue weighted by molar-refractivity contribution is 5.27. The number of hydrogen-bond donors (Lipinski definition) is 0. The van der Waals surface area contributed by atoms with Gasteiger partial charge >= 0.3 is 0 Å². The van der Waals surface area contributed by atoms with E-state index in [9.17, 15) is 8.78 Å². The fourth-order valence-corrected chi connectivity index (χ4v) is 1.09. The Morgan fingerprint density at radius 1 is 1.17 bits per heavy atom. The molecular weight excluding hydrogens is 158 g/mol. The number of benzene rings is 1. The van der Waals surface area contributed by atoms with E-state index in [2.05, 4.69) is 0 Å². The third kappa shape index (κ3) is 1.63. The Morgan fingerprint density at radius 3 is 2.17 bits per heavy atom. The summed E-state index contributed by atoms with van der Waals surface area (Å²) in [5.41, 5.74) is 1.21. The second-order valence-corrected chi connectivity index (χ2v) is 3.29. The van der Waals surface area contributed by atoms with Crippen LogP contribution in [0.4, 0.5) is 8.78 Å². The normalized spacial score (nSPS) is 10.8. The maximum absolute atomic E-state index is 12.8. The highest BCUT2D eigenvalue weighted by Gasteiger charge is 2.08. The number of halogens is 2. The van der Waals surface area contributed by atoms with Crippen molar-refractivity contribution < 1.29 is 8.78 Å². The van der Waals surface area contributed by atoms with Gasteiger partial charge in [-0.1, -0.05) is 19.9 Å². The lowest BCUT2D eigenvalue weighted by Gasteiger charge is -2.07. The van der Waals surface area contributed by atoms with Gasteiger partial charge in [0.15, 0.2) is 11.6 Å². The van der Waals surface area contributed by atoms with Crippen LogP contribution in [-0.2, 0) is 0 Å². The van der Waals surface area contributed by atoms with E-state index < -0.39 is 11.6 Å². The molecule has 0 unspecified atom stereocenters. The largest absolute Gasteiger partial charge is 0.204 e. The molecule has 0 saturated carbocycles. The molecule has 0 aliphatic carbocycles. The van der Waals surface area contributed by atoms with Gasteiger partial charge < -0.3 is 0 Å². The van der Waals surface area contributed by atoms with Crippen LogP contribution in [0, 0.1) is 18.6 Å². The zero-order valence-corrected chi connectivity index (χ0v) is 7.49. The first-order chi connectivity index (χ1) is 5.52. The van der Waals surface area contributed by atoms with Crippen LogP contribution < -0.4 is 0 Å². The van der Waals surface area contributed by atoms with Crippen LogP contribution >= 0.6 is 0 Å². The molecule has 66 valence electrons. The molecule has 0 aliphatic rings. The van der Waals surface area contributed by atoms with Gasteiger partial charge in [-0.2, -0.15) is 0 Å². The monoisotopic (exact) mass is 170 g/mol. The van der Waals surface area contributed by atoms with Crippen LogP contribution in [0.3, 0.4) is 0 Å². The predicted molar refractivity (Wildman–Crippen MR) is 45.2 cm³/mol. The molecule has 0 saturated heterocycles. The lowest BCUT2D eigenvalue weighted by atomic mass is 10.0. The van der Waals surface area contributed by atoms with Crippen molar-refractivity contribution in [3.63, 3.8) is 0 Å². The van der Waals surface area contributed by atoms with Crippen LogP contribution in [0.15, 0.2) is 12.1 Å². The summed E-state index contributed by atoms with van der Waals surface area (Å²) in [7, 11) is 0. The van der Waals surface area contributed by atoms with Gasteiger partial charge in [-0.15, -0.1) is 0 Å². The Balaban J connectivity index is 3.21. The highest BCUT2D eigenvalue weighted by Crippen LogP contribution is 2.20. The first-order valence-electron chi connectivity index (χ1n) is 3.98. The maximum atomic E-state index is 12.8. The average Bonchev–Trinajstić information content (AvgIpc) is 1.99. The van der Waals surface area contributed by atoms with Gasteiger partial charge in [-0.05, 0) is 30.0 Å². The second kappa shape index (κ2) is 3.21. The number of rotatable bonds is 1. The molecule has 0 nitrogen and oxygen atoms in total. The summed E-state index contributed by atoms with van der Waals surface area (Å²) in [5.74, 6) is -1.25. The molecule has 0 aromatic heterocycles. The van der Waals surface area contributed by atoms with E-state index in [1.807, 2.05) is 13.8 Å². The molecule has 1 rings (SSSR count). The standard InChI is InChI=1S/C10H12F2/c1-6(2)8-4-7(3)10(12)9(11)5-8/h4-6H,1-3H3. The van der Waals surface area contributed by atoms with Crippen molar-refractivity contribution in [2.45, 2.75) is 26.7 Å². The van der Waals surface area contributed by atoms with Gasteiger partial charge in [-0.25, -0.2) is 8.78 Å². The first kappa shape index (κ1) is 9.17. The molecule has 12 heavy (non-hydrogen) atoms. The number of hydrogen-bond acceptors (Lipinski definition) is 0. The van der Waals surface area contributed by atoms with Crippen LogP contribution in [0.5, 0.6) is 0 Å². The van der Waals surface area contributed by atoms with E-state index in [0.29, 0.717) is 5.56 Å². The minimum atomic E-state index is -0.751. The van der Waals surface area contributed by atoms with Crippen molar-refractivity contribution in [3.05, 3.63) is 34.9 Å². The summed E-state index contributed by atoms with van der Waals surface area (Å²) in [6.45, 7) is 5.47. The molecule has 1 aromatic carbocycles. The smallest absolute Gasteiger partial charge is 0.161 e. The highest BCUT2D eigenvalue weighted by atomic mass is 19.2. The molecule has 0 spiro atoms. The van der Waals surface area contributed by atoms with E-state index in [4.69, 9.17) is 0 Å². The van der Waals surface area contributed by atoms with Crippen molar-refractivity contribution in [3.8, 4) is 0 Å². The molecule has 0 heterocycles. The Labute approximate surface area is 71.2 Å². The lowest BCUT2D eigenvalue weighted by Crippen LogP contribution is -1.95. The number of aryl methyl sites for hydroxylation is 1. The van der Waals surface area contributed by atoms with E-state index in [1.54, 1.807) is 13.0 Å². The van der Waals surface area contributed by atoms with Gasteiger partial charge in [0.25, 0.3) is 0 Å². The van der Waals surface area contributed by atoms with Crippen LogP contribution in [-0.4, -0.2) is 0 Å². The predicted octanol–water partition coefficient (Wildman–Crippen LogP) is 3.40. The topological polar surface area (TPSA) is 0 Å². The van der Waals surface area contributed by atoms with Gasteiger partial charge in [-0.3, -0.25) is 0 Å². The summed E-state index contributed by atoms with van der Waals surface area (Å²) < 4.78 is 25.6. The van der Waals surface area contributed by atoms with Crippen molar-refractivity contribution in [1.82, 2.24) is 0 Å². The molecule has 0 fully saturated rings. The van der Waals surface area contributed by atoms with E-state index in [1.165, 1.54) is 6.07 Å². The third-order valence-corrected chi connectivity index (χ3v) is 1.90. The zero-order chi connectivity index (χ0) is 9.30. The fourth-order valence-electron chi connectivity index (χ4n) is 1.09. The van der Waals surface area contributed by atoms with Crippen molar-refractivity contribution in [2.75, 3.05) is 0 Å². The molecule has 0 bridgehead atoms. The van der Waals surface area contributed by atoms with E-state index in [0.717, 1.165) is 5.56 Å². The quantitative estimate of drug-likeness (QED) is 0.606. The molecule has 0 radical (unpaired) electrons. The lowest BCUT2D eigenvalue weighted by molar-refractivity contribution is 0.500. The Bertz CT molecular complexity index is 267. The summed E-state index contributed by atoms with van der Waals surface area (Å²) >= 11 is 0. The molecule has 1 aromatic rings. The zero-order valence-electron chi connectivity index (χ0n) is 7.49. The SMILES string of the molecule is Cc1cc(C(C)C)cc(F)c1F. The molecule has 0 aliphatic heterocycles. The van der Waals surface area contributed by atoms with Crippen molar-refractivity contribution in [1.29, 1.82) is 0 Å². The van der Waals surface area contributed by atoms with Crippen LogP contribution in [0.25, 0.3) is 0 Å². The molecule has 0 N–H and O–H groups in total. The van der Waals surface area contributed by atoms with Crippen LogP contribution in [0.1, 0.15) is 30.9 Å². The van der Waals surface area contributed by atoms with Gasteiger partial charge in [0.05, 0.1) is 0 Å². The van der Waals surface area contributed by atoms with Crippen LogP contribution in [0.2, 0.25) is 0 Å². The average molecular weight is 170 g/mol. The molecular formula is C10H12F2. The van der Waals surface area contributed by atoms with E-state index in [-0.39, 0.29) is 5.92 Å². The van der Waals surface area contributed by atoms with E-state index >= 15 is 0 Å². The summed E-state index contributed by atoms with van der Waals surface area (Å²) in [6.07, 6.45) is 0.